The number of hydrogen-bond donors (Lipinski definition) is 1. The monoisotopic (exact) mass is 397 g/mol. The minimum absolute atomic E-state index is 0.0421. The number of anilines is 1. The summed E-state index contributed by atoms with van der Waals surface area (Å²) in [5.74, 6) is 0.0421. The number of ether oxygens (including phenoxy) is 1. The fourth-order valence-electron chi connectivity index (χ4n) is 2.82. The summed E-state index contributed by atoms with van der Waals surface area (Å²) < 4.78 is 29.4. The first-order chi connectivity index (χ1) is 12.4. The fraction of sp³-hybridized carbons (Fsp3) is 0.706. The van der Waals surface area contributed by atoms with Crippen molar-refractivity contribution in [3.05, 3.63) is 16.7 Å². The number of imidazole rings is 1. The van der Waals surface area contributed by atoms with Gasteiger partial charge in [-0.15, -0.1) is 0 Å². The zero-order chi connectivity index (χ0) is 20.1. The molecule has 0 spiro atoms. The van der Waals surface area contributed by atoms with Gasteiger partial charge in [0.1, 0.15) is 6.17 Å². The van der Waals surface area contributed by atoms with E-state index in [1.165, 1.54) is 22.5 Å². The summed E-state index contributed by atoms with van der Waals surface area (Å²) >= 11 is 0. The minimum Gasteiger partial charge on any atom is -0.414 e. The van der Waals surface area contributed by atoms with Crippen molar-refractivity contribution in [1.82, 2.24) is 19.1 Å². The summed E-state index contributed by atoms with van der Waals surface area (Å²) in [5.41, 5.74) is 5.77. The van der Waals surface area contributed by atoms with Crippen LogP contribution in [0.15, 0.2) is 11.1 Å². The molecular weight excluding hydrogens is 369 g/mol. The number of hydrogen-bond acceptors (Lipinski definition) is 6. The molecule has 3 atom stereocenters. The van der Waals surface area contributed by atoms with Crippen molar-refractivity contribution in [2.24, 2.45) is 7.05 Å². The number of halogens is 1. The van der Waals surface area contributed by atoms with Crippen molar-refractivity contribution < 1.29 is 13.6 Å². The lowest BCUT2D eigenvalue weighted by Crippen LogP contribution is -2.42. The third-order valence-corrected chi connectivity index (χ3v) is 10.2. The van der Waals surface area contributed by atoms with Gasteiger partial charge in [0.15, 0.2) is 25.7 Å². The van der Waals surface area contributed by atoms with Crippen molar-refractivity contribution in [2.75, 3.05) is 12.3 Å². The van der Waals surface area contributed by atoms with Crippen LogP contribution in [0.2, 0.25) is 18.1 Å². The predicted octanol–water partition coefficient (Wildman–Crippen LogP) is 2.36. The SMILES string of the molecule is Cn1c(N)nc2c(ncn2[C@@H]2O[C@H](CO[Si](C)(C)C(C)(C)C)C[C@H]2F)c1=O. The van der Waals surface area contributed by atoms with E-state index >= 15 is 0 Å². The van der Waals surface area contributed by atoms with Crippen LogP contribution in [0.3, 0.4) is 0 Å². The summed E-state index contributed by atoms with van der Waals surface area (Å²) in [6, 6.07) is 0. The van der Waals surface area contributed by atoms with Gasteiger partial charge in [-0.3, -0.25) is 13.9 Å². The summed E-state index contributed by atoms with van der Waals surface area (Å²) in [5, 5.41) is 0.0716. The molecule has 2 N–H and O–H groups in total. The van der Waals surface area contributed by atoms with E-state index in [0.717, 1.165) is 0 Å². The van der Waals surface area contributed by atoms with Crippen LogP contribution in [0.25, 0.3) is 11.2 Å². The molecule has 2 aromatic heterocycles. The van der Waals surface area contributed by atoms with Crippen molar-refractivity contribution in [3.63, 3.8) is 0 Å². The Morgan fingerprint density at radius 3 is 2.74 bits per heavy atom. The summed E-state index contributed by atoms with van der Waals surface area (Å²) in [7, 11) is -0.427. The van der Waals surface area contributed by atoms with E-state index in [1.54, 1.807) is 0 Å². The fourth-order valence-corrected chi connectivity index (χ4v) is 3.85. The number of nitrogen functional groups attached to an aromatic ring is 1. The number of nitrogens with two attached hydrogens (primary N) is 1. The highest BCUT2D eigenvalue weighted by Gasteiger charge is 2.41. The second-order valence-electron chi connectivity index (χ2n) is 8.63. The lowest BCUT2D eigenvalue weighted by Gasteiger charge is -2.36. The molecule has 0 saturated carbocycles. The quantitative estimate of drug-likeness (QED) is 0.796. The van der Waals surface area contributed by atoms with Gasteiger partial charge < -0.3 is 14.9 Å². The Hall–Kier alpha value is -1.78. The van der Waals surface area contributed by atoms with Crippen LogP contribution in [-0.2, 0) is 16.2 Å². The van der Waals surface area contributed by atoms with E-state index in [-0.39, 0.29) is 40.2 Å². The molecule has 0 aromatic carbocycles. The molecule has 3 heterocycles. The zero-order valence-electron chi connectivity index (χ0n) is 16.7. The molecular formula is C17H28FN5O3Si. The van der Waals surface area contributed by atoms with Crippen LogP contribution in [0, 0.1) is 0 Å². The molecule has 0 bridgehead atoms. The van der Waals surface area contributed by atoms with Gasteiger partial charge in [0.05, 0.1) is 19.0 Å². The van der Waals surface area contributed by atoms with Crippen LogP contribution < -0.4 is 11.3 Å². The van der Waals surface area contributed by atoms with E-state index in [2.05, 4.69) is 43.8 Å². The molecule has 0 amide bonds. The van der Waals surface area contributed by atoms with Crippen LogP contribution in [-0.4, -0.2) is 46.3 Å². The van der Waals surface area contributed by atoms with E-state index in [0.29, 0.717) is 6.61 Å². The molecule has 8 nitrogen and oxygen atoms in total. The molecule has 1 aliphatic heterocycles. The second-order valence-corrected chi connectivity index (χ2v) is 13.4. The van der Waals surface area contributed by atoms with E-state index in [4.69, 9.17) is 14.9 Å². The first kappa shape index (κ1) is 20.0. The van der Waals surface area contributed by atoms with Crippen molar-refractivity contribution >= 4 is 25.4 Å². The van der Waals surface area contributed by atoms with Gasteiger partial charge in [0, 0.05) is 13.5 Å². The lowest BCUT2D eigenvalue weighted by molar-refractivity contribution is -0.0331. The lowest BCUT2D eigenvalue weighted by atomic mass is 10.2. The molecule has 27 heavy (non-hydrogen) atoms. The Bertz CT molecular complexity index is 904. The Morgan fingerprint density at radius 2 is 2.11 bits per heavy atom. The zero-order valence-corrected chi connectivity index (χ0v) is 17.7. The number of rotatable bonds is 4. The van der Waals surface area contributed by atoms with E-state index < -0.39 is 20.7 Å². The average molecular weight is 398 g/mol. The number of aromatic nitrogens is 4. The molecule has 10 heteroatoms. The van der Waals surface area contributed by atoms with Crippen molar-refractivity contribution in [3.8, 4) is 0 Å². The Balaban J connectivity index is 1.80. The maximum Gasteiger partial charge on any atom is 0.282 e. The maximum absolute atomic E-state index is 14.7. The van der Waals surface area contributed by atoms with Gasteiger partial charge >= 0.3 is 0 Å². The Kier molecular flexibility index (Phi) is 4.94. The largest absolute Gasteiger partial charge is 0.414 e. The molecule has 2 aromatic rings. The molecule has 1 aliphatic rings. The van der Waals surface area contributed by atoms with Crippen molar-refractivity contribution in [2.45, 2.75) is 63.8 Å². The van der Waals surface area contributed by atoms with Gasteiger partial charge in [-0.2, -0.15) is 4.98 Å². The molecule has 1 saturated heterocycles. The Labute approximate surface area is 158 Å². The normalized spacial score (nSPS) is 24.0. The first-order valence-electron chi connectivity index (χ1n) is 9.05. The number of fused-ring (bicyclic) bond motifs is 1. The van der Waals surface area contributed by atoms with Crippen LogP contribution >= 0.6 is 0 Å². The van der Waals surface area contributed by atoms with E-state index in [9.17, 15) is 9.18 Å². The predicted molar refractivity (Wildman–Crippen MR) is 104 cm³/mol. The van der Waals surface area contributed by atoms with Crippen LogP contribution in [0.1, 0.15) is 33.4 Å². The molecule has 0 aliphatic carbocycles. The molecule has 150 valence electrons. The number of alkyl halides is 1. The van der Waals surface area contributed by atoms with Gasteiger partial charge in [0.25, 0.3) is 5.56 Å². The highest BCUT2D eigenvalue weighted by molar-refractivity contribution is 6.74. The number of nitrogens with zero attached hydrogens (tertiary/aromatic N) is 4. The molecule has 0 unspecified atom stereocenters. The van der Waals surface area contributed by atoms with Crippen molar-refractivity contribution in [1.29, 1.82) is 0 Å². The summed E-state index contributed by atoms with van der Waals surface area (Å²) in [4.78, 5) is 20.5. The van der Waals surface area contributed by atoms with Gasteiger partial charge in [-0.05, 0) is 18.1 Å². The molecule has 0 radical (unpaired) electrons. The highest BCUT2D eigenvalue weighted by atomic mass is 28.4. The van der Waals surface area contributed by atoms with Crippen LogP contribution in [0.4, 0.5) is 10.3 Å². The molecule has 3 rings (SSSR count). The highest BCUT2D eigenvalue weighted by Crippen LogP contribution is 2.38. The van der Waals surface area contributed by atoms with Gasteiger partial charge in [0.2, 0.25) is 5.95 Å². The maximum atomic E-state index is 14.7. The molecule has 1 fully saturated rings. The minimum atomic E-state index is -1.94. The Morgan fingerprint density at radius 1 is 1.44 bits per heavy atom. The average Bonchev–Trinajstić information content (AvgIpc) is 3.13. The van der Waals surface area contributed by atoms with Crippen LogP contribution in [0.5, 0.6) is 0 Å². The summed E-state index contributed by atoms with van der Waals surface area (Å²) in [6.07, 6.45) is -0.906. The van der Waals surface area contributed by atoms with E-state index in [1.807, 2.05) is 0 Å². The first-order valence-corrected chi connectivity index (χ1v) is 12.0. The van der Waals surface area contributed by atoms with Gasteiger partial charge in [-0.25, -0.2) is 9.37 Å². The smallest absolute Gasteiger partial charge is 0.282 e. The van der Waals surface area contributed by atoms with Gasteiger partial charge in [-0.1, -0.05) is 20.8 Å². The second kappa shape index (κ2) is 6.68. The third-order valence-electron chi connectivity index (χ3n) is 5.68. The third kappa shape index (κ3) is 3.53. The summed E-state index contributed by atoms with van der Waals surface area (Å²) in [6.45, 7) is 11.1. The topological polar surface area (TPSA) is 97.2 Å². The standard InChI is InChI=1S/C17H28FN5O3Si/c1-17(2,3)27(5,6)25-8-10-7-11(18)15(26-10)23-9-20-12-13(23)21-16(19)22(4)14(12)24/h9-11,15H,7-8H2,1-6H3,(H2,19,21)/t10-,11+,15+/m0/s1.